The molecular formula is C12H19KN2. The standard InChI is InChI=1S/C12H19N2.K/c1-3-11(2)13-10-6-8-12-7-4-5-9-14-12;/h4-5,7,9,11H,3,6,8,10H2,1-2H3;/q-1;+1. The predicted molar refractivity (Wildman–Crippen MR) is 60.5 cm³/mol. The third-order valence-electron chi connectivity index (χ3n) is 2.35. The Balaban J connectivity index is 0.00000196. The first-order valence-corrected chi connectivity index (χ1v) is 5.39. The van der Waals surface area contributed by atoms with Gasteiger partial charge in [0.25, 0.3) is 0 Å². The van der Waals surface area contributed by atoms with E-state index in [2.05, 4.69) is 30.2 Å². The first-order chi connectivity index (χ1) is 6.83. The summed E-state index contributed by atoms with van der Waals surface area (Å²) in [5.41, 5.74) is 1.17. The van der Waals surface area contributed by atoms with Crippen LogP contribution in [-0.4, -0.2) is 17.6 Å². The van der Waals surface area contributed by atoms with E-state index in [9.17, 15) is 0 Å². The van der Waals surface area contributed by atoms with Crippen LogP contribution in [0.2, 0.25) is 0 Å². The number of aryl methyl sites for hydroxylation is 1. The van der Waals surface area contributed by atoms with Crippen LogP contribution < -0.4 is 51.4 Å². The van der Waals surface area contributed by atoms with Crippen LogP contribution in [0.15, 0.2) is 24.4 Å². The quantitative estimate of drug-likeness (QED) is 0.506. The fraction of sp³-hybridized carbons (Fsp3) is 0.583. The molecule has 2 nitrogen and oxygen atoms in total. The molecule has 0 amide bonds. The van der Waals surface area contributed by atoms with Crippen LogP contribution in [0.4, 0.5) is 0 Å². The first-order valence-electron chi connectivity index (χ1n) is 5.39. The van der Waals surface area contributed by atoms with Crippen molar-refractivity contribution >= 4 is 0 Å². The van der Waals surface area contributed by atoms with Gasteiger partial charge in [-0.1, -0.05) is 32.8 Å². The van der Waals surface area contributed by atoms with Gasteiger partial charge in [-0.3, -0.25) is 4.98 Å². The third-order valence-corrected chi connectivity index (χ3v) is 2.35. The summed E-state index contributed by atoms with van der Waals surface area (Å²) < 4.78 is 0. The summed E-state index contributed by atoms with van der Waals surface area (Å²) in [4.78, 5) is 4.27. The van der Waals surface area contributed by atoms with Crippen LogP contribution in [0.5, 0.6) is 0 Å². The topological polar surface area (TPSA) is 27.0 Å². The predicted octanol–water partition coefficient (Wildman–Crippen LogP) is 0.190. The van der Waals surface area contributed by atoms with E-state index < -0.39 is 0 Å². The number of hydrogen-bond donors (Lipinski definition) is 0. The van der Waals surface area contributed by atoms with Crippen LogP contribution in [0.1, 0.15) is 32.4 Å². The summed E-state index contributed by atoms with van der Waals surface area (Å²) in [5.74, 6) is 0. The monoisotopic (exact) mass is 230 g/mol. The van der Waals surface area contributed by atoms with Gasteiger partial charge in [0, 0.05) is 11.9 Å². The second kappa shape index (κ2) is 9.94. The molecule has 78 valence electrons. The number of aromatic nitrogens is 1. The molecule has 1 heterocycles. The van der Waals surface area contributed by atoms with E-state index >= 15 is 0 Å². The second-order valence-corrected chi connectivity index (χ2v) is 3.59. The summed E-state index contributed by atoms with van der Waals surface area (Å²) in [7, 11) is 0. The minimum atomic E-state index is 0. The molecule has 15 heavy (non-hydrogen) atoms. The molecule has 0 radical (unpaired) electrons. The van der Waals surface area contributed by atoms with Gasteiger partial charge in [0.2, 0.25) is 0 Å². The molecule has 0 aliphatic heterocycles. The van der Waals surface area contributed by atoms with E-state index in [1.54, 1.807) is 0 Å². The minimum Gasteiger partial charge on any atom is -0.660 e. The van der Waals surface area contributed by atoms with Crippen molar-refractivity contribution < 1.29 is 51.4 Å². The van der Waals surface area contributed by atoms with Crippen LogP contribution in [0.3, 0.4) is 0 Å². The van der Waals surface area contributed by atoms with Crippen molar-refractivity contribution in [3.8, 4) is 0 Å². The second-order valence-electron chi connectivity index (χ2n) is 3.59. The van der Waals surface area contributed by atoms with Gasteiger partial charge in [0.05, 0.1) is 0 Å². The summed E-state index contributed by atoms with van der Waals surface area (Å²) in [5, 5.41) is 4.53. The molecule has 0 fully saturated rings. The fourth-order valence-corrected chi connectivity index (χ4v) is 1.25. The van der Waals surface area contributed by atoms with Gasteiger partial charge in [0.1, 0.15) is 0 Å². The third kappa shape index (κ3) is 7.61. The maximum atomic E-state index is 4.53. The average Bonchev–Trinajstić information content (AvgIpc) is 2.25. The Morgan fingerprint density at radius 2 is 2.20 bits per heavy atom. The van der Waals surface area contributed by atoms with Gasteiger partial charge < -0.3 is 5.32 Å². The zero-order chi connectivity index (χ0) is 10.2. The van der Waals surface area contributed by atoms with E-state index in [1.807, 2.05) is 18.3 Å². The molecule has 0 aliphatic carbocycles. The molecule has 1 aromatic heterocycles. The summed E-state index contributed by atoms with van der Waals surface area (Å²) in [6.45, 7) is 5.30. The molecule has 0 aliphatic rings. The Labute approximate surface area is 136 Å². The van der Waals surface area contributed by atoms with Crippen molar-refractivity contribution in [1.29, 1.82) is 0 Å². The van der Waals surface area contributed by atoms with Crippen LogP contribution in [-0.2, 0) is 6.42 Å². The Kier molecular flexibility index (Phi) is 10.4. The molecular weight excluding hydrogens is 211 g/mol. The Morgan fingerprint density at radius 1 is 1.40 bits per heavy atom. The van der Waals surface area contributed by atoms with Gasteiger partial charge in [-0.25, -0.2) is 0 Å². The van der Waals surface area contributed by atoms with Crippen molar-refractivity contribution in [2.75, 3.05) is 6.54 Å². The molecule has 1 aromatic rings. The summed E-state index contributed by atoms with van der Waals surface area (Å²) in [6.07, 6.45) is 5.15. The fourth-order valence-electron chi connectivity index (χ4n) is 1.25. The Bertz CT molecular complexity index is 239. The number of rotatable bonds is 6. The SMILES string of the molecule is CCC(C)[N-]CCCc1ccccn1.[K+]. The first kappa shape index (κ1) is 15.7. The molecule has 0 aromatic carbocycles. The van der Waals surface area contributed by atoms with Gasteiger partial charge in [-0.15, -0.1) is 12.6 Å². The van der Waals surface area contributed by atoms with Gasteiger partial charge in [-0.2, -0.15) is 0 Å². The van der Waals surface area contributed by atoms with Crippen molar-refractivity contribution in [2.24, 2.45) is 0 Å². The molecule has 0 bridgehead atoms. The summed E-state index contributed by atoms with van der Waals surface area (Å²) in [6, 6.07) is 6.57. The largest absolute Gasteiger partial charge is 1.00 e. The number of pyridine rings is 1. The Hall–Kier alpha value is 0.746. The molecule has 1 unspecified atom stereocenters. The van der Waals surface area contributed by atoms with Crippen LogP contribution in [0, 0.1) is 0 Å². The van der Waals surface area contributed by atoms with Gasteiger partial charge >= 0.3 is 51.4 Å². The van der Waals surface area contributed by atoms with Crippen LogP contribution >= 0.6 is 0 Å². The molecule has 0 N–H and O–H groups in total. The van der Waals surface area contributed by atoms with Gasteiger partial charge in [-0.05, 0) is 18.6 Å². The normalized spacial score (nSPS) is 11.9. The number of hydrogen-bond acceptors (Lipinski definition) is 1. The van der Waals surface area contributed by atoms with Crippen molar-refractivity contribution in [3.05, 3.63) is 35.4 Å². The van der Waals surface area contributed by atoms with Crippen molar-refractivity contribution in [1.82, 2.24) is 4.98 Å². The minimum absolute atomic E-state index is 0. The molecule has 1 rings (SSSR count). The van der Waals surface area contributed by atoms with E-state index in [-0.39, 0.29) is 51.4 Å². The van der Waals surface area contributed by atoms with Crippen molar-refractivity contribution in [2.45, 2.75) is 39.2 Å². The van der Waals surface area contributed by atoms with Crippen LogP contribution in [0.25, 0.3) is 5.32 Å². The van der Waals surface area contributed by atoms with E-state index in [0.29, 0.717) is 6.04 Å². The smallest absolute Gasteiger partial charge is 0.660 e. The number of nitrogens with zero attached hydrogens (tertiary/aromatic N) is 2. The van der Waals surface area contributed by atoms with E-state index in [4.69, 9.17) is 0 Å². The molecule has 1 atom stereocenters. The zero-order valence-electron chi connectivity index (χ0n) is 10.1. The maximum Gasteiger partial charge on any atom is 1.00 e. The van der Waals surface area contributed by atoms with E-state index in [1.165, 1.54) is 5.69 Å². The average molecular weight is 230 g/mol. The maximum absolute atomic E-state index is 4.53. The Morgan fingerprint density at radius 3 is 2.80 bits per heavy atom. The zero-order valence-corrected chi connectivity index (χ0v) is 13.2. The van der Waals surface area contributed by atoms with Crippen molar-refractivity contribution in [3.63, 3.8) is 0 Å². The van der Waals surface area contributed by atoms with Gasteiger partial charge in [0.15, 0.2) is 0 Å². The molecule has 0 spiro atoms. The molecule has 3 heteroatoms. The molecule has 0 saturated carbocycles. The molecule has 0 saturated heterocycles. The van der Waals surface area contributed by atoms with E-state index in [0.717, 1.165) is 25.8 Å². The summed E-state index contributed by atoms with van der Waals surface area (Å²) >= 11 is 0.